The fourth-order valence-corrected chi connectivity index (χ4v) is 1.09. The number of hydrogen-bond acceptors (Lipinski definition) is 3. The molecule has 1 aromatic heterocycles. The third-order valence-corrected chi connectivity index (χ3v) is 2.06. The number of pyridine rings is 1. The highest BCUT2D eigenvalue weighted by Crippen LogP contribution is 2.06. The number of rotatable bonds is 5. The lowest BCUT2D eigenvalue weighted by Gasteiger charge is -2.02. The Kier molecular flexibility index (Phi) is 5.78. The molecule has 76 valence electrons. The van der Waals surface area contributed by atoms with Crippen LogP contribution in [-0.2, 0) is 11.4 Å². The predicted octanol–water partition coefficient (Wildman–Crippen LogP) is 2.62. The van der Waals surface area contributed by atoms with Crippen molar-refractivity contribution < 1.29 is 4.84 Å². The second-order valence-electron chi connectivity index (χ2n) is 2.46. The molecule has 0 unspecified atom stereocenters. The molecule has 0 atom stereocenters. The fraction of sp³-hybridized carbons (Fsp3) is 0.222. The number of halogens is 2. The summed E-state index contributed by atoms with van der Waals surface area (Å²) in [5.74, 6) is 0. The number of aromatic nitrogens is 1. The van der Waals surface area contributed by atoms with Crippen molar-refractivity contribution in [3.63, 3.8) is 0 Å². The summed E-state index contributed by atoms with van der Waals surface area (Å²) in [6, 6.07) is 3.85. The third kappa shape index (κ3) is 4.72. The Balaban J connectivity index is 2.21. The molecule has 5 heteroatoms. The van der Waals surface area contributed by atoms with Crippen LogP contribution in [0.25, 0.3) is 0 Å². The van der Waals surface area contributed by atoms with Crippen molar-refractivity contribution >= 4 is 27.5 Å². The summed E-state index contributed by atoms with van der Waals surface area (Å²) in [6.07, 6.45) is 3.44. The smallest absolute Gasteiger partial charge is 0.0875 e. The first-order valence-electron chi connectivity index (χ1n) is 4.03. The van der Waals surface area contributed by atoms with Crippen molar-refractivity contribution in [1.82, 2.24) is 10.5 Å². The molecule has 3 nitrogen and oxygen atoms in total. The zero-order chi connectivity index (χ0) is 10.2. The summed E-state index contributed by atoms with van der Waals surface area (Å²) in [5.41, 5.74) is 5.10. The van der Waals surface area contributed by atoms with Crippen molar-refractivity contribution in [3.8, 4) is 0 Å². The van der Waals surface area contributed by atoms with E-state index < -0.39 is 0 Å². The van der Waals surface area contributed by atoms with Gasteiger partial charge in [0.25, 0.3) is 0 Å². The highest BCUT2D eigenvalue weighted by molar-refractivity contribution is 9.10. The Labute approximate surface area is 96.2 Å². The fourth-order valence-electron chi connectivity index (χ4n) is 0.779. The van der Waals surface area contributed by atoms with Crippen molar-refractivity contribution in [1.29, 1.82) is 0 Å². The van der Waals surface area contributed by atoms with E-state index in [0.717, 1.165) is 10.2 Å². The summed E-state index contributed by atoms with van der Waals surface area (Å²) >= 11 is 8.62. The number of hydrogen-bond donors (Lipinski definition) is 1. The van der Waals surface area contributed by atoms with E-state index in [1.807, 2.05) is 12.1 Å². The molecular weight excluding hydrogens is 267 g/mol. The summed E-state index contributed by atoms with van der Waals surface area (Å²) in [4.78, 5) is 9.20. The van der Waals surface area contributed by atoms with Crippen LogP contribution in [-0.4, -0.2) is 11.6 Å². The molecule has 0 saturated carbocycles. The minimum atomic E-state index is 0.444. The van der Waals surface area contributed by atoms with Crippen LogP contribution in [0.1, 0.15) is 5.69 Å². The molecule has 1 aromatic rings. The molecule has 0 fully saturated rings. The van der Waals surface area contributed by atoms with Gasteiger partial charge >= 0.3 is 0 Å². The van der Waals surface area contributed by atoms with Crippen LogP contribution in [0.15, 0.2) is 34.4 Å². The van der Waals surface area contributed by atoms with Crippen LogP contribution in [0, 0.1) is 0 Å². The van der Waals surface area contributed by atoms with E-state index in [9.17, 15) is 0 Å². The Hall–Kier alpha value is -0.420. The molecule has 0 radical (unpaired) electrons. The Bertz CT molecular complexity index is 289. The Morgan fingerprint density at radius 2 is 2.43 bits per heavy atom. The SMILES string of the molecule is ClC=CCONCc1ccc(Br)cn1. The summed E-state index contributed by atoms with van der Waals surface area (Å²) < 4.78 is 0.965. The first-order chi connectivity index (χ1) is 6.83. The quantitative estimate of drug-likeness (QED) is 0.663. The third-order valence-electron chi connectivity index (χ3n) is 1.41. The Morgan fingerprint density at radius 3 is 3.07 bits per heavy atom. The van der Waals surface area contributed by atoms with Crippen LogP contribution in [0.5, 0.6) is 0 Å². The van der Waals surface area contributed by atoms with Gasteiger partial charge in [0, 0.05) is 16.2 Å². The van der Waals surface area contributed by atoms with Crippen molar-refractivity contribution in [2.24, 2.45) is 0 Å². The zero-order valence-corrected chi connectivity index (χ0v) is 9.75. The minimum Gasteiger partial charge on any atom is -0.297 e. The highest BCUT2D eigenvalue weighted by atomic mass is 79.9. The predicted molar refractivity (Wildman–Crippen MR) is 59.7 cm³/mol. The maximum Gasteiger partial charge on any atom is 0.0875 e. The van der Waals surface area contributed by atoms with E-state index in [1.54, 1.807) is 12.3 Å². The highest BCUT2D eigenvalue weighted by Gasteiger charge is 1.93. The van der Waals surface area contributed by atoms with Crippen LogP contribution in [0.3, 0.4) is 0 Å². The summed E-state index contributed by atoms with van der Waals surface area (Å²) in [6.45, 7) is 1.02. The first kappa shape index (κ1) is 11.7. The topological polar surface area (TPSA) is 34.1 Å². The standard InChI is InChI=1S/C9H10BrClN2O/c10-8-2-3-9(12-6-8)7-13-14-5-1-4-11/h1-4,6,13H,5,7H2. The van der Waals surface area contributed by atoms with E-state index in [-0.39, 0.29) is 0 Å². The number of hydroxylamine groups is 1. The van der Waals surface area contributed by atoms with Gasteiger partial charge < -0.3 is 0 Å². The second-order valence-corrected chi connectivity index (χ2v) is 3.63. The summed E-state index contributed by atoms with van der Waals surface area (Å²) in [7, 11) is 0. The lowest BCUT2D eigenvalue weighted by molar-refractivity contribution is 0.0570. The molecule has 0 amide bonds. The number of nitrogens with zero attached hydrogens (tertiary/aromatic N) is 1. The monoisotopic (exact) mass is 276 g/mol. The van der Waals surface area contributed by atoms with E-state index >= 15 is 0 Å². The van der Waals surface area contributed by atoms with Gasteiger partial charge in [-0.05, 0) is 34.1 Å². The first-order valence-corrected chi connectivity index (χ1v) is 5.26. The minimum absolute atomic E-state index is 0.444. The van der Waals surface area contributed by atoms with Gasteiger partial charge in [-0.15, -0.1) is 0 Å². The summed E-state index contributed by atoms with van der Waals surface area (Å²) in [5, 5.41) is 0. The molecule has 1 heterocycles. The molecule has 0 aromatic carbocycles. The van der Waals surface area contributed by atoms with Gasteiger partial charge in [0.15, 0.2) is 0 Å². The molecule has 14 heavy (non-hydrogen) atoms. The molecule has 0 bridgehead atoms. The molecule has 1 N–H and O–H groups in total. The van der Waals surface area contributed by atoms with Crippen LogP contribution in [0.4, 0.5) is 0 Å². The van der Waals surface area contributed by atoms with Gasteiger partial charge in [0.05, 0.1) is 18.8 Å². The normalized spacial score (nSPS) is 11.0. The molecule has 1 rings (SSSR count). The van der Waals surface area contributed by atoms with Gasteiger partial charge in [0.1, 0.15) is 0 Å². The Morgan fingerprint density at radius 1 is 1.57 bits per heavy atom. The maximum atomic E-state index is 5.31. The van der Waals surface area contributed by atoms with Crippen LogP contribution in [0.2, 0.25) is 0 Å². The van der Waals surface area contributed by atoms with E-state index in [0.29, 0.717) is 13.2 Å². The van der Waals surface area contributed by atoms with Crippen molar-refractivity contribution in [2.45, 2.75) is 6.54 Å². The van der Waals surface area contributed by atoms with E-state index in [1.165, 1.54) is 5.54 Å². The zero-order valence-electron chi connectivity index (χ0n) is 7.41. The molecular formula is C9H10BrClN2O. The molecule has 0 aliphatic heterocycles. The van der Waals surface area contributed by atoms with Gasteiger partial charge in [0.2, 0.25) is 0 Å². The number of nitrogens with one attached hydrogen (secondary N) is 1. The molecule has 0 aliphatic rings. The molecule has 0 spiro atoms. The van der Waals surface area contributed by atoms with Gasteiger partial charge in [-0.2, -0.15) is 5.48 Å². The van der Waals surface area contributed by atoms with E-state index in [4.69, 9.17) is 16.4 Å². The van der Waals surface area contributed by atoms with Crippen molar-refractivity contribution in [2.75, 3.05) is 6.61 Å². The lowest BCUT2D eigenvalue weighted by Crippen LogP contribution is -2.14. The van der Waals surface area contributed by atoms with Gasteiger partial charge in [-0.3, -0.25) is 9.82 Å². The van der Waals surface area contributed by atoms with E-state index in [2.05, 4.69) is 26.4 Å². The average molecular weight is 278 g/mol. The van der Waals surface area contributed by atoms with Gasteiger partial charge in [-0.25, -0.2) is 0 Å². The maximum absolute atomic E-state index is 5.31. The van der Waals surface area contributed by atoms with Crippen LogP contribution < -0.4 is 5.48 Å². The van der Waals surface area contributed by atoms with Gasteiger partial charge in [-0.1, -0.05) is 11.6 Å². The molecule has 0 aliphatic carbocycles. The largest absolute Gasteiger partial charge is 0.297 e. The van der Waals surface area contributed by atoms with Crippen LogP contribution >= 0.6 is 27.5 Å². The lowest BCUT2D eigenvalue weighted by atomic mass is 10.4. The van der Waals surface area contributed by atoms with Crippen molar-refractivity contribution in [3.05, 3.63) is 40.1 Å². The molecule has 0 saturated heterocycles. The average Bonchev–Trinajstić information content (AvgIpc) is 2.21. The second kappa shape index (κ2) is 6.95.